The molecule has 8 heteroatoms. The van der Waals surface area contributed by atoms with E-state index in [0.717, 1.165) is 19.4 Å². The first-order valence-electron chi connectivity index (χ1n) is 8.15. The Morgan fingerprint density at radius 3 is 2.88 bits per heavy atom. The van der Waals surface area contributed by atoms with Crippen LogP contribution >= 0.6 is 11.6 Å². The molecule has 1 saturated heterocycles. The zero-order valence-electron chi connectivity index (χ0n) is 13.8. The van der Waals surface area contributed by atoms with Crippen LogP contribution in [0.2, 0.25) is 5.02 Å². The van der Waals surface area contributed by atoms with E-state index in [4.69, 9.17) is 21.1 Å². The second kappa shape index (κ2) is 8.16. The number of ether oxygens (including phenoxy) is 2. The maximum Gasteiger partial charge on any atom is 0.313 e. The smallest absolute Gasteiger partial charge is 0.313 e. The van der Waals surface area contributed by atoms with E-state index in [1.54, 1.807) is 18.2 Å². The second-order valence-corrected chi connectivity index (χ2v) is 6.23. The van der Waals surface area contributed by atoms with Gasteiger partial charge in [-0.1, -0.05) is 23.7 Å². The van der Waals surface area contributed by atoms with E-state index in [-0.39, 0.29) is 34.2 Å². The molecule has 0 unspecified atom stereocenters. The van der Waals surface area contributed by atoms with Crippen molar-refractivity contribution >= 4 is 23.2 Å². The van der Waals surface area contributed by atoms with Gasteiger partial charge in [0.1, 0.15) is 5.75 Å². The molecule has 0 radical (unpaired) electrons. The van der Waals surface area contributed by atoms with Crippen molar-refractivity contribution in [3.63, 3.8) is 0 Å². The summed E-state index contributed by atoms with van der Waals surface area (Å²) in [5, 5.41) is 14.1. The molecule has 1 aliphatic rings. The van der Waals surface area contributed by atoms with Crippen molar-refractivity contribution in [2.45, 2.75) is 18.9 Å². The second-order valence-electron chi connectivity index (χ2n) is 5.82. The SMILES string of the molecule is O=C(NC[C@H]1CCCO1)c1cccc(Oc2c(Cl)cccc2[N+](=O)[O-])c1. The molecule has 0 spiro atoms. The molecule has 1 heterocycles. The molecule has 1 N–H and O–H groups in total. The van der Waals surface area contributed by atoms with Crippen LogP contribution in [0.3, 0.4) is 0 Å². The van der Waals surface area contributed by atoms with Crippen LogP contribution in [-0.4, -0.2) is 30.1 Å². The number of halogens is 1. The first kappa shape index (κ1) is 18.2. The molecule has 136 valence electrons. The van der Waals surface area contributed by atoms with Gasteiger partial charge in [-0.2, -0.15) is 0 Å². The average Bonchev–Trinajstić information content (AvgIpc) is 3.15. The molecule has 1 atom stereocenters. The Bertz CT molecular complexity index is 821. The maximum atomic E-state index is 12.3. The molecular formula is C18H17ClN2O5. The molecular weight excluding hydrogens is 360 g/mol. The Labute approximate surface area is 155 Å². The fraction of sp³-hybridized carbons (Fsp3) is 0.278. The van der Waals surface area contributed by atoms with Gasteiger partial charge in [-0.15, -0.1) is 0 Å². The zero-order valence-corrected chi connectivity index (χ0v) is 14.6. The number of rotatable bonds is 6. The highest BCUT2D eigenvalue weighted by Crippen LogP contribution is 2.37. The lowest BCUT2D eigenvalue weighted by Crippen LogP contribution is -2.31. The number of amides is 1. The standard InChI is InChI=1S/C18H17ClN2O5/c19-15-7-2-8-16(21(23)24)17(15)26-13-5-1-4-12(10-13)18(22)20-11-14-6-3-9-25-14/h1-2,4-5,7-8,10,14H,3,6,9,11H2,(H,20,22)/t14-/m1/s1. The minimum atomic E-state index is -0.570. The van der Waals surface area contributed by atoms with Crippen molar-refractivity contribution in [1.29, 1.82) is 0 Å². The number of para-hydroxylation sites is 1. The summed E-state index contributed by atoms with van der Waals surface area (Å²) in [5.41, 5.74) is 0.140. The first-order chi connectivity index (χ1) is 12.5. The van der Waals surface area contributed by atoms with E-state index >= 15 is 0 Å². The van der Waals surface area contributed by atoms with Gasteiger partial charge in [-0.25, -0.2) is 0 Å². The predicted octanol–water partition coefficient (Wildman–Crippen LogP) is 3.95. The number of nitrogens with zero attached hydrogens (tertiary/aromatic N) is 1. The van der Waals surface area contributed by atoms with Gasteiger partial charge in [0, 0.05) is 24.8 Å². The van der Waals surface area contributed by atoms with Crippen molar-refractivity contribution in [3.05, 3.63) is 63.2 Å². The Kier molecular flexibility index (Phi) is 5.70. The molecule has 1 aliphatic heterocycles. The van der Waals surface area contributed by atoms with Crippen LogP contribution in [0.1, 0.15) is 23.2 Å². The lowest BCUT2D eigenvalue weighted by molar-refractivity contribution is -0.385. The van der Waals surface area contributed by atoms with E-state index in [1.807, 2.05) is 0 Å². The van der Waals surface area contributed by atoms with E-state index in [2.05, 4.69) is 5.32 Å². The molecule has 1 amide bonds. The number of hydrogen-bond acceptors (Lipinski definition) is 5. The third-order valence-corrected chi connectivity index (χ3v) is 4.27. The summed E-state index contributed by atoms with van der Waals surface area (Å²) >= 11 is 6.03. The van der Waals surface area contributed by atoms with Gasteiger partial charge in [0.05, 0.1) is 16.0 Å². The van der Waals surface area contributed by atoms with Crippen LogP contribution in [0.5, 0.6) is 11.5 Å². The van der Waals surface area contributed by atoms with Crippen LogP contribution in [-0.2, 0) is 4.74 Å². The van der Waals surface area contributed by atoms with E-state index in [0.29, 0.717) is 12.1 Å². The van der Waals surface area contributed by atoms with Crippen LogP contribution < -0.4 is 10.1 Å². The fourth-order valence-corrected chi connectivity index (χ4v) is 2.88. The first-order valence-corrected chi connectivity index (χ1v) is 8.53. The van der Waals surface area contributed by atoms with Gasteiger partial charge >= 0.3 is 5.69 Å². The molecule has 1 fully saturated rings. The molecule has 3 rings (SSSR count). The summed E-state index contributed by atoms with van der Waals surface area (Å²) in [6.07, 6.45) is 1.98. The highest BCUT2D eigenvalue weighted by Gasteiger charge is 2.20. The average molecular weight is 377 g/mol. The van der Waals surface area contributed by atoms with Gasteiger partial charge in [-0.3, -0.25) is 14.9 Å². The number of carbonyl (C=O) groups excluding carboxylic acids is 1. The Morgan fingerprint density at radius 1 is 1.35 bits per heavy atom. The summed E-state index contributed by atoms with van der Waals surface area (Å²) in [5.74, 6) is -0.0401. The third-order valence-electron chi connectivity index (χ3n) is 3.97. The summed E-state index contributed by atoms with van der Waals surface area (Å²) in [4.78, 5) is 22.9. The largest absolute Gasteiger partial charge is 0.449 e. The number of benzene rings is 2. The van der Waals surface area contributed by atoms with E-state index in [9.17, 15) is 14.9 Å². The van der Waals surface area contributed by atoms with Gasteiger partial charge in [0.25, 0.3) is 5.91 Å². The van der Waals surface area contributed by atoms with Crippen molar-refractivity contribution < 1.29 is 19.2 Å². The lowest BCUT2D eigenvalue weighted by atomic mass is 10.2. The molecule has 7 nitrogen and oxygen atoms in total. The minimum Gasteiger partial charge on any atom is -0.449 e. The van der Waals surface area contributed by atoms with Gasteiger partial charge in [-0.05, 0) is 37.1 Å². The van der Waals surface area contributed by atoms with Gasteiger partial charge in [0.15, 0.2) is 0 Å². The number of nitro benzene ring substituents is 1. The quantitative estimate of drug-likeness (QED) is 0.609. The minimum absolute atomic E-state index is 0.0455. The van der Waals surface area contributed by atoms with Crippen molar-refractivity contribution in [2.75, 3.05) is 13.2 Å². The van der Waals surface area contributed by atoms with Gasteiger partial charge < -0.3 is 14.8 Å². The molecule has 0 bridgehead atoms. The van der Waals surface area contributed by atoms with Crippen LogP contribution in [0.25, 0.3) is 0 Å². The molecule has 2 aromatic rings. The monoisotopic (exact) mass is 376 g/mol. The summed E-state index contributed by atoms with van der Waals surface area (Å²) in [7, 11) is 0. The van der Waals surface area contributed by atoms with Crippen LogP contribution in [0, 0.1) is 10.1 Å². The number of hydrogen-bond donors (Lipinski definition) is 1. The van der Waals surface area contributed by atoms with Crippen molar-refractivity contribution in [3.8, 4) is 11.5 Å². The zero-order chi connectivity index (χ0) is 18.5. The Balaban J connectivity index is 1.73. The lowest BCUT2D eigenvalue weighted by Gasteiger charge is -2.12. The molecule has 26 heavy (non-hydrogen) atoms. The van der Waals surface area contributed by atoms with E-state index < -0.39 is 4.92 Å². The maximum absolute atomic E-state index is 12.3. The van der Waals surface area contributed by atoms with Crippen LogP contribution in [0.4, 0.5) is 5.69 Å². The summed E-state index contributed by atoms with van der Waals surface area (Å²) in [6, 6.07) is 10.7. The van der Waals surface area contributed by atoms with E-state index in [1.165, 1.54) is 24.3 Å². The summed E-state index contributed by atoms with van der Waals surface area (Å²) < 4.78 is 11.1. The van der Waals surface area contributed by atoms with Crippen LogP contribution in [0.15, 0.2) is 42.5 Å². The topological polar surface area (TPSA) is 90.7 Å². The Morgan fingerprint density at radius 2 is 2.15 bits per heavy atom. The predicted molar refractivity (Wildman–Crippen MR) is 95.9 cm³/mol. The summed E-state index contributed by atoms with van der Waals surface area (Å²) in [6.45, 7) is 1.17. The molecule has 2 aromatic carbocycles. The number of carbonyl (C=O) groups is 1. The molecule has 0 aromatic heterocycles. The Hall–Kier alpha value is -2.64. The molecule has 0 aliphatic carbocycles. The van der Waals surface area contributed by atoms with Crippen molar-refractivity contribution in [1.82, 2.24) is 5.32 Å². The fourth-order valence-electron chi connectivity index (χ4n) is 2.67. The third kappa shape index (κ3) is 4.30. The normalized spacial score (nSPS) is 16.3. The number of nitro groups is 1. The van der Waals surface area contributed by atoms with Gasteiger partial charge in [0.2, 0.25) is 5.75 Å². The highest BCUT2D eigenvalue weighted by molar-refractivity contribution is 6.32. The molecule has 0 saturated carbocycles. The van der Waals surface area contributed by atoms with Crippen molar-refractivity contribution in [2.24, 2.45) is 0 Å². The highest BCUT2D eigenvalue weighted by atomic mass is 35.5. The number of nitrogens with one attached hydrogen (secondary N) is 1.